The number of carbonyl (C=O) groups excluding carboxylic acids is 1. The molecular weight excluding hydrogens is 314 g/mol. The van der Waals surface area contributed by atoms with Crippen LogP contribution in [0.15, 0.2) is 43.1 Å². The lowest BCUT2D eigenvalue weighted by molar-refractivity contribution is -0.119. The van der Waals surface area contributed by atoms with Crippen molar-refractivity contribution >= 4 is 16.6 Å². The number of hydrogen-bond acceptors (Lipinski definition) is 6. The summed E-state index contributed by atoms with van der Waals surface area (Å²) >= 11 is 0. The van der Waals surface area contributed by atoms with Gasteiger partial charge in [-0.1, -0.05) is 0 Å². The van der Waals surface area contributed by atoms with Gasteiger partial charge in [-0.3, -0.25) is 29.6 Å². The average molecular weight is 333 g/mol. The van der Waals surface area contributed by atoms with Gasteiger partial charge in [0.1, 0.15) is 5.69 Å². The van der Waals surface area contributed by atoms with Crippen molar-refractivity contribution in [2.45, 2.75) is 19.3 Å². The number of nitrogens with zero attached hydrogens (tertiary/aromatic N) is 5. The summed E-state index contributed by atoms with van der Waals surface area (Å²) in [5.74, 6) is 0.219. The van der Waals surface area contributed by atoms with Crippen LogP contribution >= 0.6 is 0 Å². The minimum absolute atomic E-state index is 0.219. The highest BCUT2D eigenvalue weighted by Gasteiger charge is 2.16. The number of aromatic nitrogens is 4. The smallest absolute Gasteiger partial charge is 0.152 e. The molecule has 1 aliphatic rings. The number of pyridine rings is 2. The first-order valence-corrected chi connectivity index (χ1v) is 8.53. The van der Waals surface area contributed by atoms with Crippen molar-refractivity contribution in [1.29, 1.82) is 0 Å². The summed E-state index contributed by atoms with van der Waals surface area (Å²) in [6.07, 6.45) is 11.3. The Kier molecular flexibility index (Phi) is 4.43. The van der Waals surface area contributed by atoms with Crippen LogP contribution < -0.4 is 0 Å². The number of likely N-dealkylation sites (tertiary alicyclic amines) is 1. The van der Waals surface area contributed by atoms with Crippen LogP contribution in [0.4, 0.5) is 0 Å². The number of rotatable bonds is 5. The van der Waals surface area contributed by atoms with Crippen LogP contribution in [-0.2, 0) is 11.2 Å². The number of fused-ring (bicyclic) bond motifs is 1. The van der Waals surface area contributed by atoms with E-state index in [1.807, 2.05) is 12.1 Å². The SMILES string of the molecule is O=C(Cc1cc2cc(-c3cnccn3)ncc2cn1)CN1CCCC1. The zero-order chi connectivity index (χ0) is 17.1. The van der Waals surface area contributed by atoms with E-state index < -0.39 is 0 Å². The lowest BCUT2D eigenvalue weighted by Crippen LogP contribution is -2.27. The van der Waals surface area contributed by atoms with Crippen LogP contribution in [0.5, 0.6) is 0 Å². The summed E-state index contributed by atoms with van der Waals surface area (Å²) < 4.78 is 0. The number of ketones is 1. The van der Waals surface area contributed by atoms with E-state index in [-0.39, 0.29) is 5.78 Å². The molecule has 1 aliphatic heterocycles. The van der Waals surface area contributed by atoms with Crippen LogP contribution in [0.1, 0.15) is 18.5 Å². The molecule has 0 amide bonds. The van der Waals surface area contributed by atoms with Gasteiger partial charge in [0.25, 0.3) is 0 Å². The van der Waals surface area contributed by atoms with Crippen molar-refractivity contribution in [2.24, 2.45) is 0 Å². The Morgan fingerprint density at radius 1 is 0.920 bits per heavy atom. The largest absolute Gasteiger partial charge is 0.298 e. The van der Waals surface area contributed by atoms with Crippen molar-refractivity contribution in [1.82, 2.24) is 24.8 Å². The van der Waals surface area contributed by atoms with Crippen molar-refractivity contribution in [2.75, 3.05) is 19.6 Å². The molecule has 0 aliphatic carbocycles. The Balaban J connectivity index is 1.55. The van der Waals surface area contributed by atoms with E-state index in [0.717, 1.165) is 40.9 Å². The first kappa shape index (κ1) is 15.8. The molecular formula is C19H19N5O. The Labute approximate surface area is 146 Å². The molecule has 25 heavy (non-hydrogen) atoms. The van der Waals surface area contributed by atoms with Crippen molar-refractivity contribution in [3.63, 3.8) is 0 Å². The van der Waals surface area contributed by atoms with Crippen molar-refractivity contribution < 1.29 is 4.79 Å². The Morgan fingerprint density at radius 3 is 2.56 bits per heavy atom. The predicted octanol–water partition coefficient (Wildman–Crippen LogP) is 2.29. The van der Waals surface area contributed by atoms with Gasteiger partial charge in [-0.15, -0.1) is 0 Å². The molecule has 4 heterocycles. The predicted molar refractivity (Wildman–Crippen MR) is 94.9 cm³/mol. The fourth-order valence-corrected chi connectivity index (χ4v) is 3.20. The van der Waals surface area contributed by atoms with Gasteiger partial charge in [0.05, 0.1) is 24.9 Å². The maximum atomic E-state index is 12.3. The summed E-state index contributed by atoms with van der Waals surface area (Å²) in [6, 6.07) is 3.94. The molecule has 0 unspecified atom stereocenters. The van der Waals surface area contributed by atoms with Gasteiger partial charge in [-0.2, -0.15) is 0 Å². The molecule has 0 saturated carbocycles. The maximum Gasteiger partial charge on any atom is 0.152 e. The highest BCUT2D eigenvalue weighted by molar-refractivity contribution is 5.87. The normalized spacial score (nSPS) is 14.9. The number of carbonyl (C=O) groups is 1. The second-order valence-electron chi connectivity index (χ2n) is 6.38. The average Bonchev–Trinajstić information content (AvgIpc) is 3.14. The zero-order valence-corrected chi connectivity index (χ0v) is 13.9. The molecule has 6 heteroatoms. The lowest BCUT2D eigenvalue weighted by atomic mass is 10.1. The van der Waals surface area contributed by atoms with E-state index in [9.17, 15) is 4.79 Å². The van der Waals surface area contributed by atoms with E-state index in [1.54, 1.807) is 31.0 Å². The quantitative estimate of drug-likeness (QED) is 0.713. The Hall–Kier alpha value is -2.73. The van der Waals surface area contributed by atoms with Crippen molar-refractivity contribution in [3.8, 4) is 11.4 Å². The topological polar surface area (TPSA) is 71.9 Å². The molecule has 6 nitrogen and oxygen atoms in total. The fraction of sp³-hybridized carbons (Fsp3) is 0.316. The monoisotopic (exact) mass is 333 g/mol. The van der Waals surface area contributed by atoms with Gasteiger partial charge >= 0.3 is 0 Å². The molecule has 4 rings (SSSR count). The van der Waals surface area contributed by atoms with E-state index in [4.69, 9.17) is 0 Å². The standard InChI is InChI=1S/C19H19N5O/c25-17(13-24-5-1-2-6-24)9-16-7-14-8-18(19-12-20-3-4-21-19)23-11-15(14)10-22-16/h3-4,7-8,10-12H,1-2,5-6,9,13H2. The van der Waals surface area contributed by atoms with E-state index in [0.29, 0.717) is 13.0 Å². The molecule has 0 atom stereocenters. The van der Waals surface area contributed by atoms with Gasteiger partial charge in [-0.05, 0) is 43.5 Å². The summed E-state index contributed by atoms with van der Waals surface area (Å²) in [7, 11) is 0. The van der Waals surface area contributed by atoms with Crippen LogP contribution in [0.25, 0.3) is 22.2 Å². The number of Topliss-reactive ketones (excluding diaryl/α,β-unsaturated/α-hetero) is 1. The van der Waals surface area contributed by atoms with Crippen LogP contribution in [0.3, 0.4) is 0 Å². The Bertz CT molecular complexity index is 891. The minimum Gasteiger partial charge on any atom is -0.298 e. The number of hydrogen-bond donors (Lipinski definition) is 0. The van der Waals surface area contributed by atoms with Crippen LogP contribution in [0.2, 0.25) is 0 Å². The molecule has 1 fully saturated rings. The second kappa shape index (κ2) is 7.03. The first-order valence-electron chi connectivity index (χ1n) is 8.53. The lowest BCUT2D eigenvalue weighted by Gasteiger charge is -2.13. The van der Waals surface area contributed by atoms with Gasteiger partial charge < -0.3 is 0 Å². The summed E-state index contributed by atoms with van der Waals surface area (Å²) in [5, 5.41) is 1.96. The highest BCUT2D eigenvalue weighted by atomic mass is 16.1. The maximum absolute atomic E-state index is 12.3. The van der Waals surface area contributed by atoms with Crippen LogP contribution in [0, 0.1) is 0 Å². The third-order valence-electron chi connectivity index (χ3n) is 4.46. The molecule has 0 N–H and O–H groups in total. The van der Waals surface area contributed by atoms with Gasteiger partial charge in [0.2, 0.25) is 0 Å². The first-order chi connectivity index (χ1) is 12.3. The molecule has 0 bridgehead atoms. The molecule has 0 spiro atoms. The molecule has 0 radical (unpaired) electrons. The van der Waals surface area contributed by atoms with Crippen molar-refractivity contribution in [3.05, 3.63) is 48.8 Å². The summed E-state index contributed by atoms with van der Waals surface area (Å²) in [6.45, 7) is 2.59. The minimum atomic E-state index is 0.219. The van der Waals surface area contributed by atoms with E-state index in [2.05, 4.69) is 24.8 Å². The van der Waals surface area contributed by atoms with Gasteiger partial charge in [0.15, 0.2) is 5.78 Å². The molecule has 3 aromatic rings. The van der Waals surface area contributed by atoms with E-state index in [1.165, 1.54) is 12.8 Å². The third kappa shape index (κ3) is 3.69. The zero-order valence-electron chi connectivity index (χ0n) is 13.9. The second-order valence-corrected chi connectivity index (χ2v) is 6.38. The molecule has 126 valence electrons. The summed E-state index contributed by atoms with van der Waals surface area (Å²) in [4.78, 5) is 31.7. The molecule has 0 aromatic carbocycles. The fourth-order valence-electron chi connectivity index (χ4n) is 3.20. The van der Waals surface area contributed by atoms with E-state index >= 15 is 0 Å². The molecule has 3 aromatic heterocycles. The van der Waals surface area contributed by atoms with Crippen LogP contribution in [-0.4, -0.2) is 50.3 Å². The van der Waals surface area contributed by atoms with Gasteiger partial charge in [0, 0.05) is 35.9 Å². The summed E-state index contributed by atoms with van der Waals surface area (Å²) in [5.41, 5.74) is 2.29. The molecule has 1 saturated heterocycles. The highest BCUT2D eigenvalue weighted by Crippen LogP contribution is 2.20. The Morgan fingerprint density at radius 2 is 1.76 bits per heavy atom. The van der Waals surface area contributed by atoms with Gasteiger partial charge in [-0.25, -0.2) is 0 Å². The third-order valence-corrected chi connectivity index (χ3v) is 4.46.